The van der Waals surface area contributed by atoms with Gasteiger partial charge in [-0.2, -0.15) is 13.2 Å². The van der Waals surface area contributed by atoms with Crippen molar-refractivity contribution < 1.29 is 18.0 Å². The summed E-state index contributed by atoms with van der Waals surface area (Å²) >= 11 is 1.21. The largest absolute Gasteiger partial charge is 0.401 e. The van der Waals surface area contributed by atoms with Gasteiger partial charge in [-0.1, -0.05) is 0 Å². The first-order chi connectivity index (χ1) is 7.31. The van der Waals surface area contributed by atoms with Gasteiger partial charge in [-0.15, -0.1) is 11.3 Å². The van der Waals surface area contributed by atoms with E-state index in [1.165, 1.54) is 11.3 Å². The van der Waals surface area contributed by atoms with E-state index in [0.29, 0.717) is 4.88 Å². The van der Waals surface area contributed by atoms with Gasteiger partial charge < -0.3 is 5.73 Å². The molecule has 1 atom stereocenters. The summed E-state index contributed by atoms with van der Waals surface area (Å²) in [6.45, 7) is 0.481. The molecule has 16 heavy (non-hydrogen) atoms. The van der Waals surface area contributed by atoms with Crippen LogP contribution in [0.15, 0.2) is 11.4 Å². The molecule has 1 heterocycles. The molecule has 1 unspecified atom stereocenters. The third kappa shape index (κ3) is 3.49. The number of thiophene rings is 1. The van der Waals surface area contributed by atoms with Gasteiger partial charge in [0.05, 0.1) is 6.54 Å². The van der Waals surface area contributed by atoms with E-state index in [1.807, 2.05) is 0 Å². The molecule has 1 rings (SSSR count). The molecule has 1 aromatic heterocycles. The highest BCUT2D eigenvalue weighted by molar-refractivity contribution is 7.10. The third-order valence-electron chi connectivity index (χ3n) is 1.96. The van der Waals surface area contributed by atoms with Gasteiger partial charge in [0.25, 0.3) is 0 Å². The minimum atomic E-state index is -4.36. The van der Waals surface area contributed by atoms with Crippen molar-refractivity contribution in [2.24, 2.45) is 5.73 Å². The number of carbonyl (C=O) groups excluding carboxylic acids is 1. The molecule has 1 aromatic rings. The first kappa shape index (κ1) is 13.0. The summed E-state index contributed by atoms with van der Waals surface area (Å²) < 4.78 is 36.0. The Morgan fingerprint density at radius 1 is 1.62 bits per heavy atom. The average molecular weight is 252 g/mol. The predicted octanol–water partition coefficient (Wildman–Crippen LogP) is 1.73. The molecule has 3 nitrogen and oxygen atoms in total. The number of alkyl halides is 3. The maximum atomic E-state index is 12.0. The minimum absolute atomic E-state index is 0.525. The molecule has 0 bridgehead atoms. The zero-order chi connectivity index (χ0) is 12.3. The molecule has 0 radical (unpaired) electrons. The van der Waals surface area contributed by atoms with Crippen molar-refractivity contribution in [2.45, 2.75) is 19.1 Å². The Labute approximate surface area is 94.4 Å². The van der Waals surface area contributed by atoms with Crippen LogP contribution in [0.2, 0.25) is 0 Å². The fourth-order valence-corrected chi connectivity index (χ4v) is 2.23. The Morgan fingerprint density at radius 3 is 2.62 bits per heavy atom. The van der Waals surface area contributed by atoms with E-state index in [1.54, 1.807) is 18.4 Å². The highest BCUT2D eigenvalue weighted by Gasteiger charge is 2.30. The van der Waals surface area contributed by atoms with Crippen LogP contribution < -0.4 is 11.1 Å². The van der Waals surface area contributed by atoms with Gasteiger partial charge in [0, 0.05) is 4.88 Å². The first-order valence-electron chi connectivity index (χ1n) is 4.44. The van der Waals surface area contributed by atoms with Crippen LogP contribution in [-0.4, -0.2) is 18.6 Å². The number of nitrogens with one attached hydrogen (secondary N) is 1. The summed E-state index contributed by atoms with van der Waals surface area (Å²) in [7, 11) is 0. The Hall–Kier alpha value is -1.08. The van der Waals surface area contributed by atoms with E-state index in [0.717, 1.165) is 5.56 Å². The van der Waals surface area contributed by atoms with E-state index in [9.17, 15) is 18.0 Å². The SMILES string of the molecule is Cc1ccsc1C(NCC(F)(F)F)C(N)=O. The van der Waals surface area contributed by atoms with Crippen LogP contribution in [0.1, 0.15) is 16.5 Å². The second-order valence-electron chi connectivity index (χ2n) is 3.30. The minimum Gasteiger partial charge on any atom is -0.368 e. The maximum Gasteiger partial charge on any atom is 0.401 e. The van der Waals surface area contributed by atoms with Crippen LogP contribution in [0.5, 0.6) is 0 Å². The standard InChI is InChI=1S/C9H11F3N2OS/c1-5-2-3-16-7(5)6(8(13)15)14-4-9(10,11)12/h2-3,6,14H,4H2,1H3,(H2,13,15). The zero-order valence-corrected chi connectivity index (χ0v) is 9.28. The van der Waals surface area contributed by atoms with Crippen molar-refractivity contribution in [3.8, 4) is 0 Å². The molecule has 0 saturated carbocycles. The smallest absolute Gasteiger partial charge is 0.368 e. The molecular weight excluding hydrogens is 241 g/mol. The van der Waals surface area contributed by atoms with Crippen LogP contribution >= 0.6 is 11.3 Å². The van der Waals surface area contributed by atoms with Crippen molar-refractivity contribution in [1.82, 2.24) is 5.32 Å². The molecule has 0 spiro atoms. The Kier molecular flexibility index (Phi) is 3.93. The number of amides is 1. The maximum absolute atomic E-state index is 12.0. The first-order valence-corrected chi connectivity index (χ1v) is 5.32. The normalized spacial score (nSPS) is 13.8. The van der Waals surface area contributed by atoms with Crippen LogP contribution in [-0.2, 0) is 4.79 Å². The lowest BCUT2D eigenvalue weighted by Gasteiger charge is -2.16. The van der Waals surface area contributed by atoms with Gasteiger partial charge in [0.1, 0.15) is 6.04 Å². The second-order valence-corrected chi connectivity index (χ2v) is 4.25. The summed E-state index contributed by atoms with van der Waals surface area (Å²) in [6.07, 6.45) is -4.36. The quantitative estimate of drug-likeness (QED) is 0.857. The lowest BCUT2D eigenvalue weighted by atomic mass is 10.1. The van der Waals surface area contributed by atoms with E-state index < -0.39 is 24.7 Å². The molecule has 0 saturated heterocycles. The van der Waals surface area contributed by atoms with Gasteiger partial charge in [0.15, 0.2) is 0 Å². The summed E-state index contributed by atoms with van der Waals surface area (Å²) in [6, 6.07) is 0.646. The van der Waals surface area contributed by atoms with E-state index in [-0.39, 0.29) is 0 Å². The Balaban J connectivity index is 2.78. The van der Waals surface area contributed by atoms with Gasteiger partial charge in [0.2, 0.25) is 5.91 Å². The fourth-order valence-electron chi connectivity index (χ4n) is 1.22. The number of rotatable bonds is 4. The predicted molar refractivity (Wildman–Crippen MR) is 55.0 cm³/mol. The van der Waals surface area contributed by atoms with Gasteiger partial charge in [-0.3, -0.25) is 10.1 Å². The van der Waals surface area contributed by atoms with Crippen molar-refractivity contribution in [3.63, 3.8) is 0 Å². The third-order valence-corrected chi connectivity index (χ3v) is 3.04. The van der Waals surface area contributed by atoms with Crippen molar-refractivity contribution in [2.75, 3.05) is 6.54 Å². The van der Waals surface area contributed by atoms with Gasteiger partial charge in [-0.25, -0.2) is 0 Å². The van der Waals surface area contributed by atoms with Gasteiger partial charge >= 0.3 is 6.18 Å². The van der Waals surface area contributed by atoms with Crippen LogP contribution in [0.4, 0.5) is 13.2 Å². The fraction of sp³-hybridized carbons (Fsp3) is 0.444. The molecule has 0 aliphatic rings. The van der Waals surface area contributed by atoms with Gasteiger partial charge in [-0.05, 0) is 23.9 Å². The summed E-state index contributed by atoms with van der Waals surface area (Å²) in [4.78, 5) is 11.6. The lowest BCUT2D eigenvalue weighted by molar-refractivity contribution is -0.130. The van der Waals surface area contributed by atoms with Crippen LogP contribution in [0.3, 0.4) is 0 Å². The number of halogens is 3. The second kappa shape index (κ2) is 4.84. The Morgan fingerprint density at radius 2 is 2.25 bits per heavy atom. The molecule has 3 N–H and O–H groups in total. The van der Waals surface area contributed by atoms with E-state index in [2.05, 4.69) is 5.32 Å². The molecule has 7 heteroatoms. The number of aryl methyl sites for hydroxylation is 1. The number of carbonyl (C=O) groups is 1. The summed E-state index contributed by atoms with van der Waals surface area (Å²) in [5, 5.41) is 3.82. The van der Waals surface area contributed by atoms with E-state index >= 15 is 0 Å². The highest BCUT2D eigenvalue weighted by Crippen LogP contribution is 2.24. The summed E-state index contributed by atoms with van der Waals surface area (Å²) in [5.74, 6) is -0.810. The summed E-state index contributed by atoms with van der Waals surface area (Å²) in [5.41, 5.74) is 5.82. The zero-order valence-electron chi connectivity index (χ0n) is 8.47. The van der Waals surface area contributed by atoms with Crippen LogP contribution in [0.25, 0.3) is 0 Å². The molecule has 0 aliphatic heterocycles. The number of hydrogen-bond acceptors (Lipinski definition) is 3. The number of primary amides is 1. The molecule has 0 aromatic carbocycles. The van der Waals surface area contributed by atoms with Crippen LogP contribution in [0, 0.1) is 6.92 Å². The van der Waals surface area contributed by atoms with Crippen molar-refractivity contribution >= 4 is 17.2 Å². The average Bonchev–Trinajstić information content (AvgIpc) is 2.50. The molecule has 0 aliphatic carbocycles. The lowest BCUT2D eigenvalue weighted by Crippen LogP contribution is -2.38. The topological polar surface area (TPSA) is 55.1 Å². The monoisotopic (exact) mass is 252 g/mol. The highest BCUT2D eigenvalue weighted by atomic mass is 32.1. The number of nitrogens with two attached hydrogens (primary N) is 1. The molecule has 0 fully saturated rings. The Bertz CT molecular complexity index is 375. The van der Waals surface area contributed by atoms with E-state index in [4.69, 9.17) is 5.73 Å². The molecular formula is C9H11F3N2OS. The van der Waals surface area contributed by atoms with Crippen molar-refractivity contribution in [1.29, 1.82) is 0 Å². The molecule has 1 amide bonds. The molecule has 90 valence electrons. The van der Waals surface area contributed by atoms with Crippen molar-refractivity contribution in [3.05, 3.63) is 21.9 Å². The number of hydrogen-bond donors (Lipinski definition) is 2.